The van der Waals surface area contributed by atoms with Gasteiger partial charge >= 0.3 is 6.09 Å². The summed E-state index contributed by atoms with van der Waals surface area (Å²) in [6.07, 6.45) is 0.318. The topological polar surface area (TPSA) is 70.6 Å². The smallest absolute Gasteiger partial charge is 0.407 e. The van der Waals surface area contributed by atoms with Gasteiger partial charge in [0.1, 0.15) is 5.60 Å². The molecule has 0 saturated heterocycles. The monoisotopic (exact) mass is 274 g/mol. The molecule has 2 atom stereocenters. The zero-order valence-electron chi connectivity index (χ0n) is 13.1. The second kappa shape index (κ2) is 8.38. The van der Waals surface area contributed by atoms with Gasteiger partial charge in [-0.15, -0.1) is 0 Å². The molecule has 3 N–H and O–H groups in total. The maximum atomic E-state index is 11.5. The molecule has 0 rings (SSSR count). The fourth-order valence-corrected chi connectivity index (χ4v) is 1.72. The summed E-state index contributed by atoms with van der Waals surface area (Å²) < 4.78 is 5.17. The van der Waals surface area contributed by atoms with Gasteiger partial charge in [-0.3, -0.25) is 0 Å². The summed E-state index contributed by atoms with van der Waals surface area (Å²) >= 11 is 0. The first-order valence-electron chi connectivity index (χ1n) is 6.99. The second-order valence-electron chi connectivity index (χ2n) is 6.31. The SMILES string of the molecule is CC(CNC(=O)OC(C)(C)C)NC(CCO)C(C)C. The van der Waals surface area contributed by atoms with Gasteiger partial charge in [-0.2, -0.15) is 0 Å². The van der Waals surface area contributed by atoms with Crippen molar-refractivity contribution in [1.29, 1.82) is 0 Å². The Kier molecular flexibility index (Phi) is 8.02. The van der Waals surface area contributed by atoms with E-state index in [-0.39, 0.29) is 18.7 Å². The van der Waals surface area contributed by atoms with E-state index in [0.717, 1.165) is 0 Å². The summed E-state index contributed by atoms with van der Waals surface area (Å²) in [5, 5.41) is 15.2. The number of carbonyl (C=O) groups is 1. The minimum absolute atomic E-state index is 0.131. The predicted molar refractivity (Wildman–Crippen MR) is 77.2 cm³/mol. The van der Waals surface area contributed by atoms with Crippen LogP contribution in [-0.4, -0.2) is 42.0 Å². The molecule has 0 aliphatic carbocycles. The van der Waals surface area contributed by atoms with E-state index in [4.69, 9.17) is 9.84 Å². The van der Waals surface area contributed by atoms with Crippen molar-refractivity contribution in [2.24, 2.45) is 5.92 Å². The van der Waals surface area contributed by atoms with Gasteiger partial charge < -0.3 is 20.5 Å². The summed E-state index contributed by atoms with van der Waals surface area (Å²) in [5.41, 5.74) is -0.474. The molecule has 0 saturated carbocycles. The van der Waals surface area contributed by atoms with Crippen molar-refractivity contribution in [1.82, 2.24) is 10.6 Å². The number of rotatable bonds is 7. The average Bonchev–Trinajstić information content (AvgIpc) is 2.23. The van der Waals surface area contributed by atoms with E-state index in [1.54, 1.807) is 0 Å². The second-order valence-corrected chi connectivity index (χ2v) is 6.31. The molecule has 0 aliphatic rings. The number of hydrogen-bond donors (Lipinski definition) is 3. The van der Waals surface area contributed by atoms with Gasteiger partial charge in [-0.1, -0.05) is 13.8 Å². The number of aliphatic hydroxyl groups is 1. The van der Waals surface area contributed by atoms with Crippen LogP contribution < -0.4 is 10.6 Å². The molecule has 0 aromatic rings. The molecule has 0 spiro atoms. The van der Waals surface area contributed by atoms with Crippen LogP contribution in [0.15, 0.2) is 0 Å². The molecule has 0 heterocycles. The van der Waals surface area contributed by atoms with Crippen LogP contribution in [-0.2, 0) is 4.74 Å². The highest BCUT2D eigenvalue weighted by atomic mass is 16.6. The van der Waals surface area contributed by atoms with Crippen LogP contribution >= 0.6 is 0 Å². The molecule has 0 aliphatic heterocycles. The summed E-state index contributed by atoms with van der Waals surface area (Å²) in [6.45, 7) is 12.4. The van der Waals surface area contributed by atoms with Gasteiger partial charge in [-0.25, -0.2) is 4.79 Å². The Balaban J connectivity index is 4.03. The van der Waals surface area contributed by atoms with Gasteiger partial charge in [-0.05, 0) is 40.0 Å². The fraction of sp³-hybridized carbons (Fsp3) is 0.929. The lowest BCUT2D eigenvalue weighted by molar-refractivity contribution is 0.0521. The Morgan fingerprint density at radius 1 is 1.26 bits per heavy atom. The standard InChI is InChI=1S/C14H30N2O3/c1-10(2)12(7-8-17)16-11(3)9-15-13(18)19-14(4,5)6/h10-12,16-17H,7-9H2,1-6H3,(H,15,18). The minimum atomic E-state index is -0.474. The van der Waals surface area contributed by atoms with Crippen molar-refractivity contribution in [3.8, 4) is 0 Å². The summed E-state index contributed by atoms with van der Waals surface area (Å²) in [6, 6.07) is 0.381. The lowest BCUT2D eigenvalue weighted by Crippen LogP contribution is -2.46. The highest BCUT2D eigenvalue weighted by Crippen LogP contribution is 2.07. The highest BCUT2D eigenvalue weighted by Gasteiger charge is 2.18. The van der Waals surface area contributed by atoms with E-state index in [0.29, 0.717) is 18.9 Å². The Hall–Kier alpha value is -0.810. The molecule has 1 amide bonds. The fourth-order valence-electron chi connectivity index (χ4n) is 1.72. The molecule has 0 bridgehead atoms. The molecule has 5 heteroatoms. The number of amides is 1. The third kappa shape index (κ3) is 9.73. The largest absolute Gasteiger partial charge is 0.444 e. The summed E-state index contributed by atoms with van der Waals surface area (Å²) in [5.74, 6) is 0.441. The number of hydrogen-bond acceptors (Lipinski definition) is 4. The van der Waals surface area contributed by atoms with E-state index in [1.165, 1.54) is 0 Å². The van der Waals surface area contributed by atoms with Crippen molar-refractivity contribution in [3.05, 3.63) is 0 Å². The van der Waals surface area contributed by atoms with Crippen LogP contribution in [0.4, 0.5) is 4.79 Å². The highest BCUT2D eigenvalue weighted by molar-refractivity contribution is 5.67. The van der Waals surface area contributed by atoms with Crippen molar-refractivity contribution in [3.63, 3.8) is 0 Å². The molecule has 5 nitrogen and oxygen atoms in total. The first-order valence-corrected chi connectivity index (χ1v) is 6.99. The molecule has 0 aromatic heterocycles. The van der Waals surface area contributed by atoms with Crippen LogP contribution in [0.3, 0.4) is 0 Å². The van der Waals surface area contributed by atoms with Crippen LogP contribution in [0.1, 0.15) is 48.0 Å². The minimum Gasteiger partial charge on any atom is -0.444 e. The van der Waals surface area contributed by atoms with E-state index < -0.39 is 11.7 Å². The van der Waals surface area contributed by atoms with Crippen molar-refractivity contribution < 1.29 is 14.6 Å². The normalized spacial score (nSPS) is 15.2. The third-order valence-corrected chi connectivity index (χ3v) is 2.69. The average molecular weight is 274 g/mol. The summed E-state index contributed by atoms with van der Waals surface area (Å²) in [4.78, 5) is 11.5. The van der Waals surface area contributed by atoms with Gasteiger partial charge in [0.05, 0.1) is 0 Å². The first-order chi connectivity index (χ1) is 8.65. The number of aliphatic hydroxyl groups excluding tert-OH is 1. The van der Waals surface area contributed by atoms with Crippen molar-refractivity contribution >= 4 is 6.09 Å². The maximum Gasteiger partial charge on any atom is 0.407 e. The van der Waals surface area contributed by atoms with Crippen LogP contribution in [0, 0.1) is 5.92 Å². The Morgan fingerprint density at radius 3 is 2.26 bits per heavy atom. The Labute approximate surface area is 117 Å². The van der Waals surface area contributed by atoms with Gasteiger partial charge in [0.2, 0.25) is 0 Å². The van der Waals surface area contributed by atoms with Crippen molar-refractivity contribution in [2.75, 3.05) is 13.2 Å². The zero-order valence-corrected chi connectivity index (χ0v) is 13.1. The number of nitrogens with one attached hydrogen (secondary N) is 2. The molecular formula is C14H30N2O3. The zero-order chi connectivity index (χ0) is 15.1. The molecular weight excluding hydrogens is 244 g/mol. The lowest BCUT2D eigenvalue weighted by atomic mass is 10.0. The maximum absolute atomic E-state index is 11.5. The molecule has 114 valence electrons. The van der Waals surface area contributed by atoms with Gasteiger partial charge in [0.25, 0.3) is 0 Å². The molecule has 2 unspecified atom stereocenters. The molecule has 0 radical (unpaired) electrons. The van der Waals surface area contributed by atoms with Gasteiger partial charge in [0, 0.05) is 25.2 Å². The molecule has 19 heavy (non-hydrogen) atoms. The van der Waals surface area contributed by atoms with Crippen LogP contribution in [0.2, 0.25) is 0 Å². The first kappa shape index (κ1) is 18.2. The quantitative estimate of drug-likeness (QED) is 0.663. The predicted octanol–water partition coefficient (Wildman–Crippen LogP) is 1.90. The Bertz CT molecular complexity index is 262. The number of alkyl carbamates (subject to hydrolysis) is 1. The number of ether oxygens (including phenoxy) is 1. The van der Waals surface area contributed by atoms with Crippen LogP contribution in [0.25, 0.3) is 0 Å². The number of carbonyl (C=O) groups excluding carboxylic acids is 1. The Morgan fingerprint density at radius 2 is 1.84 bits per heavy atom. The molecule has 0 aromatic carbocycles. The van der Waals surface area contributed by atoms with E-state index in [9.17, 15) is 4.79 Å². The summed E-state index contributed by atoms with van der Waals surface area (Å²) in [7, 11) is 0. The van der Waals surface area contributed by atoms with Gasteiger partial charge in [0.15, 0.2) is 0 Å². The van der Waals surface area contributed by atoms with E-state index >= 15 is 0 Å². The lowest BCUT2D eigenvalue weighted by Gasteiger charge is -2.26. The van der Waals surface area contributed by atoms with E-state index in [1.807, 2.05) is 27.7 Å². The van der Waals surface area contributed by atoms with Crippen LogP contribution in [0.5, 0.6) is 0 Å². The van der Waals surface area contributed by atoms with E-state index in [2.05, 4.69) is 24.5 Å². The van der Waals surface area contributed by atoms with Crippen molar-refractivity contribution in [2.45, 2.75) is 65.6 Å². The third-order valence-electron chi connectivity index (χ3n) is 2.69. The molecule has 0 fully saturated rings.